The van der Waals surface area contributed by atoms with Crippen molar-refractivity contribution in [2.45, 2.75) is 13.3 Å². The van der Waals surface area contributed by atoms with Gasteiger partial charge in [0, 0.05) is 12.1 Å². The normalized spacial score (nSPS) is 19.8. The van der Waals surface area contributed by atoms with Gasteiger partial charge in [-0.15, -0.1) is 0 Å². The highest BCUT2D eigenvalue weighted by atomic mass is 32.2. The average molecular weight is 281 g/mol. The first-order valence-electron chi connectivity index (χ1n) is 6.49. The van der Waals surface area contributed by atoms with Gasteiger partial charge in [0.25, 0.3) is 0 Å². The van der Waals surface area contributed by atoms with E-state index in [9.17, 15) is 13.2 Å². The van der Waals surface area contributed by atoms with E-state index in [4.69, 9.17) is 0 Å². The summed E-state index contributed by atoms with van der Waals surface area (Å²) < 4.78 is 23.0. The Morgan fingerprint density at radius 3 is 2.68 bits per heavy atom. The quantitative estimate of drug-likeness (QED) is 0.784. The standard InChI is InChI=1S/C14H19NO3S/c1-12-5-2-3-6-13(12)14(16)11-15-7-4-9-19(17,18)10-8-15/h2-3,5-6H,4,7-11H2,1H3. The number of carbonyl (C=O) groups excluding carboxylic acids is 1. The predicted octanol–water partition coefficient (Wildman–Crippen LogP) is 1.30. The van der Waals surface area contributed by atoms with E-state index in [0.29, 0.717) is 26.1 Å². The second-order valence-electron chi connectivity index (χ2n) is 5.02. The van der Waals surface area contributed by atoms with Crippen LogP contribution in [-0.2, 0) is 9.84 Å². The number of Topliss-reactive ketones (excluding diaryl/α,β-unsaturated/α-hetero) is 1. The predicted molar refractivity (Wildman–Crippen MR) is 75.2 cm³/mol. The fourth-order valence-electron chi connectivity index (χ4n) is 2.32. The van der Waals surface area contributed by atoms with Crippen LogP contribution in [0, 0.1) is 6.92 Å². The molecule has 1 aliphatic rings. The van der Waals surface area contributed by atoms with E-state index in [1.807, 2.05) is 36.1 Å². The van der Waals surface area contributed by atoms with Gasteiger partial charge in [-0.3, -0.25) is 9.69 Å². The first-order valence-corrected chi connectivity index (χ1v) is 8.32. The monoisotopic (exact) mass is 281 g/mol. The van der Waals surface area contributed by atoms with Gasteiger partial charge in [0.05, 0.1) is 18.1 Å². The van der Waals surface area contributed by atoms with Crippen molar-refractivity contribution in [2.75, 3.05) is 31.1 Å². The van der Waals surface area contributed by atoms with Gasteiger partial charge in [0.2, 0.25) is 0 Å². The second kappa shape index (κ2) is 5.84. The van der Waals surface area contributed by atoms with Gasteiger partial charge in [-0.25, -0.2) is 8.42 Å². The molecule has 1 saturated heterocycles. The number of hydrogen-bond acceptors (Lipinski definition) is 4. The maximum atomic E-state index is 12.2. The summed E-state index contributed by atoms with van der Waals surface area (Å²) in [4.78, 5) is 14.2. The highest BCUT2D eigenvalue weighted by molar-refractivity contribution is 7.91. The largest absolute Gasteiger partial charge is 0.295 e. The molecule has 104 valence electrons. The molecule has 0 amide bonds. The molecular weight excluding hydrogens is 262 g/mol. The van der Waals surface area contributed by atoms with Crippen molar-refractivity contribution in [3.05, 3.63) is 35.4 Å². The molecule has 0 N–H and O–H groups in total. The third-order valence-corrected chi connectivity index (χ3v) is 5.18. The number of nitrogens with zero attached hydrogens (tertiary/aromatic N) is 1. The number of rotatable bonds is 3. The van der Waals surface area contributed by atoms with Gasteiger partial charge in [-0.1, -0.05) is 24.3 Å². The van der Waals surface area contributed by atoms with Crippen molar-refractivity contribution < 1.29 is 13.2 Å². The smallest absolute Gasteiger partial charge is 0.177 e. The average Bonchev–Trinajstić information content (AvgIpc) is 2.51. The van der Waals surface area contributed by atoms with Crippen LogP contribution in [0.5, 0.6) is 0 Å². The van der Waals surface area contributed by atoms with E-state index in [-0.39, 0.29) is 17.3 Å². The minimum Gasteiger partial charge on any atom is -0.295 e. The lowest BCUT2D eigenvalue weighted by Gasteiger charge is -2.18. The fraction of sp³-hybridized carbons (Fsp3) is 0.500. The Balaban J connectivity index is 2.02. The first kappa shape index (κ1) is 14.2. The third-order valence-electron chi connectivity index (χ3n) is 3.46. The van der Waals surface area contributed by atoms with E-state index in [1.54, 1.807) is 0 Å². The molecule has 0 saturated carbocycles. The number of aryl methyl sites for hydroxylation is 1. The molecule has 1 aromatic rings. The lowest BCUT2D eigenvalue weighted by molar-refractivity contribution is 0.0935. The molecule has 0 unspecified atom stereocenters. The van der Waals surface area contributed by atoms with Crippen molar-refractivity contribution in [3.63, 3.8) is 0 Å². The van der Waals surface area contributed by atoms with Gasteiger partial charge in [-0.05, 0) is 25.5 Å². The Morgan fingerprint density at radius 2 is 1.95 bits per heavy atom. The molecule has 5 heteroatoms. The van der Waals surface area contributed by atoms with Crippen LogP contribution in [0.15, 0.2) is 24.3 Å². The number of ketones is 1. The highest BCUT2D eigenvalue weighted by Gasteiger charge is 2.21. The molecule has 1 fully saturated rings. The fourth-order valence-corrected chi connectivity index (χ4v) is 3.63. The summed E-state index contributed by atoms with van der Waals surface area (Å²) in [5.74, 6) is 0.466. The highest BCUT2D eigenvalue weighted by Crippen LogP contribution is 2.11. The van der Waals surface area contributed by atoms with E-state index in [1.165, 1.54) is 0 Å². The zero-order valence-electron chi connectivity index (χ0n) is 11.1. The molecule has 1 aromatic carbocycles. The van der Waals surface area contributed by atoms with Gasteiger partial charge >= 0.3 is 0 Å². The molecule has 1 heterocycles. The maximum Gasteiger partial charge on any atom is 0.177 e. The molecule has 0 atom stereocenters. The zero-order chi connectivity index (χ0) is 13.9. The maximum absolute atomic E-state index is 12.2. The molecular formula is C14H19NO3S. The van der Waals surface area contributed by atoms with Gasteiger partial charge in [0.1, 0.15) is 0 Å². The van der Waals surface area contributed by atoms with Crippen LogP contribution in [0.3, 0.4) is 0 Å². The van der Waals surface area contributed by atoms with Crippen molar-refractivity contribution in [1.82, 2.24) is 4.90 Å². The molecule has 1 aliphatic heterocycles. The molecule has 0 aromatic heterocycles. The Labute approximate surface area is 114 Å². The van der Waals surface area contributed by atoms with Crippen LogP contribution in [0.4, 0.5) is 0 Å². The Morgan fingerprint density at radius 1 is 1.21 bits per heavy atom. The summed E-state index contributed by atoms with van der Waals surface area (Å²) in [7, 11) is -2.91. The second-order valence-corrected chi connectivity index (χ2v) is 7.32. The topological polar surface area (TPSA) is 54.5 Å². The van der Waals surface area contributed by atoms with Crippen LogP contribution in [-0.4, -0.2) is 50.2 Å². The van der Waals surface area contributed by atoms with Crippen LogP contribution in [0.2, 0.25) is 0 Å². The minimum atomic E-state index is -2.91. The van der Waals surface area contributed by atoms with E-state index >= 15 is 0 Å². The first-order chi connectivity index (χ1) is 8.98. The summed E-state index contributed by atoms with van der Waals surface area (Å²) in [5, 5.41) is 0. The van der Waals surface area contributed by atoms with E-state index in [0.717, 1.165) is 11.1 Å². The van der Waals surface area contributed by atoms with E-state index in [2.05, 4.69) is 0 Å². The zero-order valence-corrected chi connectivity index (χ0v) is 11.9. The number of sulfone groups is 1. The summed E-state index contributed by atoms with van der Waals surface area (Å²) in [5.41, 5.74) is 1.70. The number of carbonyl (C=O) groups is 1. The van der Waals surface area contributed by atoms with Gasteiger partial charge in [-0.2, -0.15) is 0 Å². The minimum absolute atomic E-state index is 0.0670. The Kier molecular flexibility index (Phi) is 4.37. The molecule has 4 nitrogen and oxygen atoms in total. The third kappa shape index (κ3) is 3.88. The van der Waals surface area contributed by atoms with Crippen LogP contribution >= 0.6 is 0 Å². The van der Waals surface area contributed by atoms with Crippen molar-refractivity contribution in [1.29, 1.82) is 0 Å². The summed E-state index contributed by atoms with van der Waals surface area (Å²) in [6.07, 6.45) is 0.614. The number of benzene rings is 1. The van der Waals surface area contributed by atoms with Crippen molar-refractivity contribution >= 4 is 15.6 Å². The van der Waals surface area contributed by atoms with Gasteiger partial charge in [0.15, 0.2) is 15.6 Å². The summed E-state index contributed by atoms with van der Waals surface area (Å²) in [6.45, 7) is 3.36. The summed E-state index contributed by atoms with van der Waals surface area (Å²) >= 11 is 0. The molecule has 0 aliphatic carbocycles. The lowest BCUT2D eigenvalue weighted by Crippen LogP contribution is -2.32. The summed E-state index contributed by atoms with van der Waals surface area (Å²) in [6, 6.07) is 7.50. The molecule has 0 spiro atoms. The molecule has 0 radical (unpaired) electrons. The van der Waals surface area contributed by atoms with Crippen LogP contribution in [0.1, 0.15) is 22.3 Å². The van der Waals surface area contributed by atoms with Crippen molar-refractivity contribution in [2.24, 2.45) is 0 Å². The Bertz CT molecular complexity index is 566. The lowest BCUT2D eigenvalue weighted by atomic mass is 10.0. The molecule has 2 rings (SSSR count). The molecule has 0 bridgehead atoms. The number of hydrogen-bond donors (Lipinski definition) is 0. The van der Waals surface area contributed by atoms with Gasteiger partial charge < -0.3 is 0 Å². The van der Waals surface area contributed by atoms with Crippen LogP contribution in [0.25, 0.3) is 0 Å². The SMILES string of the molecule is Cc1ccccc1C(=O)CN1CCCS(=O)(=O)CC1. The molecule has 19 heavy (non-hydrogen) atoms. The van der Waals surface area contributed by atoms with Crippen molar-refractivity contribution in [3.8, 4) is 0 Å². The van der Waals surface area contributed by atoms with E-state index < -0.39 is 9.84 Å². The van der Waals surface area contributed by atoms with Crippen LogP contribution < -0.4 is 0 Å². The Hall–Kier alpha value is -1.20.